The fourth-order valence-electron chi connectivity index (χ4n) is 3.23. The van der Waals surface area contributed by atoms with Crippen molar-refractivity contribution in [2.24, 2.45) is 4.99 Å². The van der Waals surface area contributed by atoms with Crippen LogP contribution in [-0.4, -0.2) is 33.9 Å². The highest BCUT2D eigenvalue weighted by Crippen LogP contribution is 2.24. The molecule has 0 aliphatic carbocycles. The molecule has 0 fully saturated rings. The van der Waals surface area contributed by atoms with Crippen molar-refractivity contribution < 1.29 is 4.74 Å². The van der Waals surface area contributed by atoms with Crippen LogP contribution in [0.1, 0.15) is 11.3 Å². The second kappa shape index (κ2) is 8.32. The zero-order valence-electron chi connectivity index (χ0n) is 15.6. The van der Waals surface area contributed by atoms with Crippen LogP contribution in [0, 0.1) is 0 Å². The molecule has 1 aliphatic rings. The molecule has 3 heterocycles. The highest BCUT2D eigenvalue weighted by molar-refractivity contribution is 6.02. The van der Waals surface area contributed by atoms with Crippen LogP contribution in [0.4, 0.5) is 0 Å². The van der Waals surface area contributed by atoms with Gasteiger partial charge in [-0.15, -0.1) is 12.4 Å². The summed E-state index contributed by atoms with van der Waals surface area (Å²) in [7, 11) is 0. The number of amidine groups is 1. The van der Waals surface area contributed by atoms with Gasteiger partial charge in [-0.3, -0.25) is 9.98 Å². The summed E-state index contributed by atoms with van der Waals surface area (Å²) in [6, 6.07) is 19.9. The normalized spacial score (nSPS) is 12.9. The third kappa shape index (κ3) is 4.07. The molecule has 6 nitrogen and oxygen atoms in total. The molecule has 4 aromatic rings. The average Bonchev–Trinajstić information content (AvgIpc) is 3.43. The number of hydrogen-bond acceptors (Lipinski definition) is 5. The van der Waals surface area contributed by atoms with E-state index in [9.17, 15) is 0 Å². The Balaban J connectivity index is 0.00000205. The number of fused-ring (bicyclic) bond motifs is 1. The minimum atomic E-state index is 0. The fourth-order valence-corrected chi connectivity index (χ4v) is 3.23. The Kier molecular flexibility index (Phi) is 5.44. The molecule has 2 N–H and O–H groups in total. The largest absolute Gasteiger partial charge is 0.487 e. The maximum absolute atomic E-state index is 5.80. The van der Waals surface area contributed by atoms with Crippen LogP contribution >= 0.6 is 12.4 Å². The Morgan fingerprint density at radius 1 is 0.966 bits per heavy atom. The summed E-state index contributed by atoms with van der Waals surface area (Å²) < 4.78 is 5.80. The van der Waals surface area contributed by atoms with Crippen molar-refractivity contribution in [1.82, 2.24) is 20.3 Å². The number of benzene rings is 2. The average molecular weight is 406 g/mol. The molecule has 7 heteroatoms. The van der Waals surface area contributed by atoms with E-state index in [0.717, 1.165) is 58.4 Å². The first-order valence-corrected chi connectivity index (χ1v) is 9.27. The van der Waals surface area contributed by atoms with Gasteiger partial charge in [0.15, 0.2) is 0 Å². The van der Waals surface area contributed by atoms with Crippen molar-refractivity contribution >= 4 is 29.3 Å². The number of ether oxygens (including phenoxy) is 1. The van der Waals surface area contributed by atoms with Crippen LogP contribution in [0.2, 0.25) is 0 Å². The van der Waals surface area contributed by atoms with Gasteiger partial charge in [-0.25, -0.2) is 4.98 Å². The molecule has 5 rings (SSSR count). The van der Waals surface area contributed by atoms with Gasteiger partial charge in [0.1, 0.15) is 24.0 Å². The Morgan fingerprint density at radius 2 is 1.83 bits per heavy atom. The maximum Gasteiger partial charge on any atom is 0.138 e. The van der Waals surface area contributed by atoms with E-state index in [2.05, 4.69) is 32.4 Å². The van der Waals surface area contributed by atoms with Gasteiger partial charge < -0.3 is 15.0 Å². The molecule has 0 radical (unpaired) electrons. The number of H-pyrrole nitrogens is 1. The van der Waals surface area contributed by atoms with E-state index in [1.807, 2.05) is 48.5 Å². The number of rotatable bonds is 5. The molecular formula is C22H20ClN5O. The molecule has 0 amide bonds. The number of hydrogen-bond donors (Lipinski definition) is 2. The zero-order valence-corrected chi connectivity index (χ0v) is 16.4. The lowest BCUT2D eigenvalue weighted by molar-refractivity contribution is 0.301. The number of aliphatic imine (C=N–C) groups is 1. The van der Waals surface area contributed by atoms with E-state index in [1.165, 1.54) is 0 Å². The van der Waals surface area contributed by atoms with Gasteiger partial charge in [0.25, 0.3) is 0 Å². The molecule has 1 aliphatic heterocycles. The third-order valence-corrected chi connectivity index (χ3v) is 4.67. The predicted molar refractivity (Wildman–Crippen MR) is 117 cm³/mol. The Hall–Kier alpha value is -3.38. The van der Waals surface area contributed by atoms with Crippen LogP contribution in [-0.2, 0) is 6.61 Å². The van der Waals surface area contributed by atoms with Crippen molar-refractivity contribution in [3.63, 3.8) is 0 Å². The predicted octanol–water partition coefficient (Wildman–Crippen LogP) is 3.98. The summed E-state index contributed by atoms with van der Waals surface area (Å²) in [6.45, 7) is 2.18. The number of halogens is 1. The first-order valence-electron chi connectivity index (χ1n) is 9.27. The number of nitrogens with one attached hydrogen (secondary N) is 2. The van der Waals surface area contributed by atoms with Crippen LogP contribution in [0.15, 0.2) is 71.9 Å². The van der Waals surface area contributed by atoms with Gasteiger partial charge in [0.05, 0.1) is 23.3 Å². The monoisotopic (exact) mass is 405 g/mol. The van der Waals surface area contributed by atoms with Crippen LogP contribution in [0.5, 0.6) is 5.75 Å². The molecule has 2 aromatic carbocycles. The molecule has 0 unspecified atom stereocenters. The van der Waals surface area contributed by atoms with Gasteiger partial charge in [0, 0.05) is 23.9 Å². The fraction of sp³-hybridized carbons (Fsp3) is 0.136. The summed E-state index contributed by atoms with van der Waals surface area (Å²) in [5, 5.41) is 3.30. The van der Waals surface area contributed by atoms with Gasteiger partial charge in [-0.05, 0) is 54.6 Å². The molecular weight excluding hydrogens is 386 g/mol. The van der Waals surface area contributed by atoms with E-state index < -0.39 is 0 Å². The summed E-state index contributed by atoms with van der Waals surface area (Å²) in [5.74, 6) is 2.59. The van der Waals surface area contributed by atoms with Crippen molar-refractivity contribution in [2.45, 2.75) is 6.61 Å². The minimum Gasteiger partial charge on any atom is -0.487 e. The highest BCUT2D eigenvalue weighted by atomic mass is 35.5. The van der Waals surface area contributed by atoms with E-state index in [0.29, 0.717) is 6.61 Å². The number of pyridine rings is 1. The smallest absolute Gasteiger partial charge is 0.138 e. The van der Waals surface area contributed by atoms with E-state index in [-0.39, 0.29) is 12.4 Å². The van der Waals surface area contributed by atoms with E-state index in [1.54, 1.807) is 6.20 Å². The summed E-state index contributed by atoms with van der Waals surface area (Å²) in [6.07, 6.45) is 1.77. The van der Waals surface area contributed by atoms with Gasteiger partial charge in [0.2, 0.25) is 0 Å². The second-order valence-corrected chi connectivity index (χ2v) is 6.61. The van der Waals surface area contributed by atoms with Crippen molar-refractivity contribution in [2.75, 3.05) is 13.1 Å². The van der Waals surface area contributed by atoms with Gasteiger partial charge >= 0.3 is 0 Å². The first-order chi connectivity index (χ1) is 13.8. The minimum absolute atomic E-state index is 0. The molecule has 0 atom stereocenters. The van der Waals surface area contributed by atoms with Crippen molar-refractivity contribution in [1.29, 1.82) is 0 Å². The molecule has 0 spiro atoms. The van der Waals surface area contributed by atoms with Gasteiger partial charge in [-0.1, -0.05) is 6.07 Å². The number of nitrogens with zero attached hydrogens (tertiary/aromatic N) is 3. The summed E-state index contributed by atoms with van der Waals surface area (Å²) in [5.41, 5.74) is 4.94. The van der Waals surface area contributed by atoms with Crippen LogP contribution in [0.25, 0.3) is 22.4 Å². The van der Waals surface area contributed by atoms with Crippen molar-refractivity contribution in [3.05, 3.63) is 78.1 Å². The van der Waals surface area contributed by atoms with Crippen LogP contribution < -0.4 is 10.1 Å². The third-order valence-electron chi connectivity index (χ3n) is 4.67. The molecule has 146 valence electrons. The Labute approximate surface area is 174 Å². The standard InChI is InChI=1S/C22H19N5O.ClH/c1-2-10-23-17(3-1)14-28-18-7-4-15(5-8-18)22-26-19-9-6-16(13-20(19)27-22)21-24-11-12-25-21;/h1-10,13H,11-12,14H2,(H,24,25)(H,26,27);1H. The zero-order chi connectivity index (χ0) is 18.8. The quantitative estimate of drug-likeness (QED) is 0.526. The maximum atomic E-state index is 5.80. The highest BCUT2D eigenvalue weighted by Gasteiger charge is 2.11. The number of aromatic amines is 1. The molecule has 0 bridgehead atoms. The number of aromatic nitrogens is 3. The lowest BCUT2D eigenvalue weighted by atomic mass is 10.2. The second-order valence-electron chi connectivity index (χ2n) is 6.61. The molecule has 0 saturated heterocycles. The SMILES string of the molecule is Cl.c1ccc(COc2ccc(-c3nc4ccc(C5=NCCN5)cc4[nH]3)cc2)nc1. The molecule has 2 aromatic heterocycles. The first kappa shape index (κ1) is 19.0. The lowest BCUT2D eigenvalue weighted by Gasteiger charge is -2.06. The topological polar surface area (TPSA) is 75.2 Å². The molecule has 29 heavy (non-hydrogen) atoms. The van der Waals surface area contributed by atoms with Crippen molar-refractivity contribution in [3.8, 4) is 17.1 Å². The summed E-state index contributed by atoms with van der Waals surface area (Å²) in [4.78, 5) is 16.9. The Morgan fingerprint density at radius 3 is 2.59 bits per heavy atom. The number of imidazole rings is 1. The molecule has 0 saturated carbocycles. The lowest BCUT2D eigenvalue weighted by Crippen LogP contribution is -2.19. The van der Waals surface area contributed by atoms with E-state index in [4.69, 9.17) is 9.72 Å². The van der Waals surface area contributed by atoms with Gasteiger partial charge in [-0.2, -0.15) is 0 Å². The van der Waals surface area contributed by atoms with Crippen LogP contribution in [0.3, 0.4) is 0 Å². The van der Waals surface area contributed by atoms with E-state index >= 15 is 0 Å². The summed E-state index contributed by atoms with van der Waals surface area (Å²) >= 11 is 0. The Bertz CT molecular complexity index is 1140.